The molecule has 0 bridgehead atoms. The van der Waals surface area contributed by atoms with Crippen LogP contribution < -0.4 is 4.74 Å². The zero-order valence-electron chi connectivity index (χ0n) is 10.1. The molecule has 5 heteroatoms. The standard InChI is InChI=1S/C13H15ClN2O2/c1-2-6-16-8-10(7-15-16)18-13-5-3-4-12(14)11(13)9-17/h3-5,7-8,17H,2,6,9H2,1H3. The Morgan fingerprint density at radius 2 is 2.28 bits per heavy atom. The number of hydrogen-bond acceptors (Lipinski definition) is 3. The Labute approximate surface area is 111 Å². The predicted molar refractivity (Wildman–Crippen MR) is 70.0 cm³/mol. The lowest BCUT2D eigenvalue weighted by Gasteiger charge is -2.09. The fourth-order valence-electron chi connectivity index (χ4n) is 1.66. The second-order valence-corrected chi connectivity index (χ2v) is 4.32. The van der Waals surface area contributed by atoms with E-state index < -0.39 is 0 Å². The molecule has 1 heterocycles. The van der Waals surface area contributed by atoms with Gasteiger partial charge in [0.15, 0.2) is 5.75 Å². The molecule has 2 rings (SSSR count). The summed E-state index contributed by atoms with van der Waals surface area (Å²) in [6.45, 7) is 2.78. The van der Waals surface area contributed by atoms with E-state index in [1.165, 1.54) is 0 Å². The minimum absolute atomic E-state index is 0.155. The van der Waals surface area contributed by atoms with Crippen LogP contribution in [0.5, 0.6) is 11.5 Å². The molecule has 0 unspecified atom stereocenters. The number of aliphatic hydroxyl groups excluding tert-OH is 1. The Morgan fingerprint density at radius 3 is 3.00 bits per heavy atom. The van der Waals surface area contributed by atoms with Crippen molar-refractivity contribution in [1.82, 2.24) is 9.78 Å². The van der Waals surface area contributed by atoms with Crippen LogP contribution in [-0.2, 0) is 13.2 Å². The molecule has 2 aromatic rings. The van der Waals surface area contributed by atoms with Crippen LogP contribution in [0.15, 0.2) is 30.6 Å². The van der Waals surface area contributed by atoms with Gasteiger partial charge in [-0.2, -0.15) is 5.10 Å². The molecule has 0 aliphatic rings. The minimum atomic E-state index is -0.155. The Hall–Kier alpha value is -1.52. The van der Waals surface area contributed by atoms with Crippen molar-refractivity contribution in [3.05, 3.63) is 41.2 Å². The minimum Gasteiger partial charge on any atom is -0.454 e. The lowest BCUT2D eigenvalue weighted by molar-refractivity contribution is 0.276. The van der Waals surface area contributed by atoms with Crippen LogP contribution in [-0.4, -0.2) is 14.9 Å². The Balaban J connectivity index is 2.20. The van der Waals surface area contributed by atoms with Gasteiger partial charge in [0, 0.05) is 17.1 Å². The van der Waals surface area contributed by atoms with E-state index >= 15 is 0 Å². The molecule has 0 spiro atoms. The van der Waals surface area contributed by atoms with Crippen LogP contribution in [0.25, 0.3) is 0 Å². The van der Waals surface area contributed by atoms with E-state index in [2.05, 4.69) is 12.0 Å². The van der Waals surface area contributed by atoms with E-state index in [4.69, 9.17) is 16.3 Å². The van der Waals surface area contributed by atoms with Crippen LogP contribution >= 0.6 is 11.6 Å². The molecule has 0 aliphatic carbocycles. The second kappa shape index (κ2) is 5.89. The van der Waals surface area contributed by atoms with Crippen LogP contribution in [0.3, 0.4) is 0 Å². The summed E-state index contributed by atoms with van der Waals surface area (Å²) >= 11 is 5.99. The van der Waals surface area contributed by atoms with Gasteiger partial charge < -0.3 is 9.84 Å². The number of ether oxygens (including phenoxy) is 1. The zero-order valence-corrected chi connectivity index (χ0v) is 10.9. The maximum absolute atomic E-state index is 9.28. The first kappa shape index (κ1) is 12.9. The molecular weight excluding hydrogens is 252 g/mol. The second-order valence-electron chi connectivity index (χ2n) is 3.92. The Kier molecular flexibility index (Phi) is 4.23. The Morgan fingerprint density at radius 1 is 1.44 bits per heavy atom. The lowest BCUT2D eigenvalue weighted by Crippen LogP contribution is -1.95. The molecule has 4 nitrogen and oxygen atoms in total. The van der Waals surface area contributed by atoms with Gasteiger partial charge in [0.1, 0.15) is 5.75 Å². The molecule has 0 aliphatic heterocycles. The van der Waals surface area contributed by atoms with E-state index in [1.54, 1.807) is 24.4 Å². The molecule has 0 saturated heterocycles. The van der Waals surface area contributed by atoms with Crippen molar-refractivity contribution in [1.29, 1.82) is 0 Å². The molecule has 0 fully saturated rings. The third-order valence-electron chi connectivity index (χ3n) is 2.52. The number of aliphatic hydroxyl groups is 1. The predicted octanol–water partition coefficient (Wildman–Crippen LogP) is 3.23. The first-order valence-electron chi connectivity index (χ1n) is 5.83. The van der Waals surface area contributed by atoms with Gasteiger partial charge in [-0.3, -0.25) is 4.68 Å². The summed E-state index contributed by atoms with van der Waals surface area (Å²) < 4.78 is 7.50. The average Bonchev–Trinajstić information content (AvgIpc) is 2.77. The summed E-state index contributed by atoms with van der Waals surface area (Å²) in [6.07, 6.45) is 4.49. The molecule has 96 valence electrons. The summed E-state index contributed by atoms with van der Waals surface area (Å²) in [4.78, 5) is 0. The number of rotatable bonds is 5. The molecule has 0 atom stereocenters. The summed E-state index contributed by atoms with van der Waals surface area (Å²) in [6, 6.07) is 5.28. The summed E-state index contributed by atoms with van der Waals surface area (Å²) in [5, 5.41) is 14.0. The molecule has 0 amide bonds. The number of benzene rings is 1. The highest BCUT2D eigenvalue weighted by Crippen LogP contribution is 2.30. The molecular formula is C13H15ClN2O2. The summed E-state index contributed by atoms with van der Waals surface area (Å²) in [5.74, 6) is 1.20. The smallest absolute Gasteiger partial charge is 0.165 e. The first-order chi connectivity index (χ1) is 8.74. The highest BCUT2D eigenvalue weighted by atomic mass is 35.5. The number of nitrogens with zero attached hydrogens (tertiary/aromatic N) is 2. The van der Waals surface area contributed by atoms with Crippen LogP contribution in [0, 0.1) is 0 Å². The van der Waals surface area contributed by atoms with Crippen LogP contribution in [0.4, 0.5) is 0 Å². The molecule has 1 aromatic carbocycles. The molecule has 1 aromatic heterocycles. The van der Waals surface area contributed by atoms with Crippen molar-refractivity contribution in [2.45, 2.75) is 26.5 Å². The van der Waals surface area contributed by atoms with Crippen molar-refractivity contribution < 1.29 is 9.84 Å². The largest absolute Gasteiger partial charge is 0.454 e. The number of halogens is 1. The summed E-state index contributed by atoms with van der Waals surface area (Å²) in [5.41, 5.74) is 0.586. The van der Waals surface area contributed by atoms with Crippen molar-refractivity contribution in [3.63, 3.8) is 0 Å². The van der Waals surface area contributed by atoms with Crippen molar-refractivity contribution >= 4 is 11.6 Å². The van der Waals surface area contributed by atoms with Gasteiger partial charge in [-0.15, -0.1) is 0 Å². The van der Waals surface area contributed by atoms with E-state index in [1.807, 2.05) is 10.9 Å². The van der Waals surface area contributed by atoms with Crippen LogP contribution in [0.1, 0.15) is 18.9 Å². The monoisotopic (exact) mass is 266 g/mol. The van der Waals surface area contributed by atoms with Gasteiger partial charge in [0.05, 0.1) is 19.0 Å². The highest BCUT2D eigenvalue weighted by molar-refractivity contribution is 6.31. The van der Waals surface area contributed by atoms with E-state index in [0.717, 1.165) is 13.0 Å². The number of aromatic nitrogens is 2. The highest BCUT2D eigenvalue weighted by Gasteiger charge is 2.09. The maximum atomic E-state index is 9.28. The van der Waals surface area contributed by atoms with Crippen molar-refractivity contribution in [2.75, 3.05) is 0 Å². The van der Waals surface area contributed by atoms with Gasteiger partial charge in [0.25, 0.3) is 0 Å². The molecule has 18 heavy (non-hydrogen) atoms. The van der Waals surface area contributed by atoms with Gasteiger partial charge >= 0.3 is 0 Å². The molecule has 1 N–H and O–H groups in total. The topological polar surface area (TPSA) is 47.3 Å². The summed E-state index contributed by atoms with van der Waals surface area (Å²) in [7, 11) is 0. The number of aryl methyl sites for hydroxylation is 1. The zero-order chi connectivity index (χ0) is 13.0. The Bertz CT molecular complexity index is 525. The van der Waals surface area contributed by atoms with Crippen LogP contribution in [0.2, 0.25) is 5.02 Å². The van der Waals surface area contributed by atoms with Crippen molar-refractivity contribution in [3.8, 4) is 11.5 Å². The molecule has 0 saturated carbocycles. The van der Waals surface area contributed by atoms with Crippen molar-refractivity contribution in [2.24, 2.45) is 0 Å². The fraction of sp³-hybridized carbons (Fsp3) is 0.308. The van der Waals surface area contributed by atoms with E-state index in [-0.39, 0.29) is 6.61 Å². The van der Waals surface area contributed by atoms with E-state index in [9.17, 15) is 5.11 Å². The lowest BCUT2D eigenvalue weighted by atomic mass is 10.2. The quantitative estimate of drug-likeness (QED) is 0.904. The molecule has 0 radical (unpaired) electrons. The SMILES string of the molecule is CCCn1cc(Oc2cccc(Cl)c2CO)cn1. The maximum Gasteiger partial charge on any atom is 0.165 e. The number of hydrogen-bond donors (Lipinski definition) is 1. The normalized spacial score (nSPS) is 10.6. The van der Waals surface area contributed by atoms with Gasteiger partial charge in [-0.1, -0.05) is 24.6 Å². The van der Waals surface area contributed by atoms with Gasteiger partial charge in [-0.05, 0) is 18.6 Å². The third kappa shape index (κ3) is 2.83. The van der Waals surface area contributed by atoms with E-state index in [0.29, 0.717) is 22.1 Å². The fourth-order valence-corrected chi connectivity index (χ4v) is 1.89. The van der Waals surface area contributed by atoms with Gasteiger partial charge in [-0.25, -0.2) is 0 Å². The first-order valence-corrected chi connectivity index (χ1v) is 6.21. The van der Waals surface area contributed by atoms with Gasteiger partial charge in [0.2, 0.25) is 0 Å². The third-order valence-corrected chi connectivity index (χ3v) is 2.88. The average molecular weight is 267 g/mol.